The van der Waals surface area contributed by atoms with Crippen molar-refractivity contribution >= 4 is 11.7 Å². The van der Waals surface area contributed by atoms with Gasteiger partial charge >= 0.3 is 6.03 Å². The lowest BCUT2D eigenvalue weighted by atomic mass is 9.99. The van der Waals surface area contributed by atoms with Gasteiger partial charge in [-0.15, -0.1) is 0 Å². The van der Waals surface area contributed by atoms with Crippen LogP contribution in [0.25, 0.3) is 0 Å². The summed E-state index contributed by atoms with van der Waals surface area (Å²) < 4.78 is 16.2. The monoisotopic (exact) mass is 425 g/mol. The maximum atomic E-state index is 12.8. The Balaban J connectivity index is 1.38. The highest BCUT2D eigenvalue weighted by atomic mass is 16.5. The van der Waals surface area contributed by atoms with E-state index in [9.17, 15) is 4.79 Å². The molecule has 2 amide bonds. The topological polar surface area (TPSA) is 63.3 Å². The third-order valence-corrected chi connectivity index (χ3v) is 6.14. The van der Waals surface area contributed by atoms with Gasteiger partial charge in [0.2, 0.25) is 0 Å². The van der Waals surface area contributed by atoms with Gasteiger partial charge < -0.3 is 24.4 Å². The van der Waals surface area contributed by atoms with E-state index >= 15 is 0 Å². The molecule has 2 fully saturated rings. The second-order valence-electron chi connectivity index (χ2n) is 8.06. The average molecular weight is 426 g/mol. The number of carbonyl (C=O) groups is 1. The van der Waals surface area contributed by atoms with E-state index in [0.717, 1.165) is 32.6 Å². The number of urea groups is 1. The van der Waals surface area contributed by atoms with E-state index < -0.39 is 0 Å². The van der Waals surface area contributed by atoms with Crippen LogP contribution in [0.4, 0.5) is 10.5 Å². The highest BCUT2D eigenvalue weighted by Crippen LogP contribution is 2.30. The molecule has 2 aromatic carbocycles. The standard InChI is InChI=1S/C24H31N3O4/c1-29-21-8-9-22(23(14-21)30-2)25-24(28)26-16-20(17-26)27(19-10-12-31-13-11-19)15-18-6-4-3-5-7-18/h3-9,14,19-20H,10-13,15-17H2,1-2H3,(H,25,28). The molecular formula is C24H31N3O4. The Morgan fingerprint density at radius 1 is 1.06 bits per heavy atom. The fourth-order valence-electron chi connectivity index (χ4n) is 4.29. The molecule has 0 saturated carbocycles. The zero-order chi connectivity index (χ0) is 21.6. The second-order valence-corrected chi connectivity index (χ2v) is 8.06. The summed E-state index contributed by atoms with van der Waals surface area (Å²) in [5.74, 6) is 1.27. The Morgan fingerprint density at radius 3 is 2.48 bits per heavy atom. The zero-order valence-corrected chi connectivity index (χ0v) is 18.3. The smallest absolute Gasteiger partial charge is 0.322 e. The van der Waals surface area contributed by atoms with E-state index in [1.807, 2.05) is 17.0 Å². The van der Waals surface area contributed by atoms with Gasteiger partial charge in [0.05, 0.1) is 19.9 Å². The van der Waals surface area contributed by atoms with Gasteiger partial charge in [0.25, 0.3) is 0 Å². The summed E-state index contributed by atoms with van der Waals surface area (Å²) in [6.45, 7) is 3.95. The first-order valence-electron chi connectivity index (χ1n) is 10.8. The van der Waals surface area contributed by atoms with Crippen LogP contribution in [0.2, 0.25) is 0 Å². The first kappa shape index (κ1) is 21.5. The van der Waals surface area contributed by atoms with E-state index in [-0.39, 0.29) is 6.03 Å². The molecule has 2 heterocycles. The Kier molecular flexibility index (Phi) is 6.94. The second kappa shape index (κ2) is 10.0. The number of rotatable bonds is 7. The van der Waals surface area contributed by atoms with Gasteiger partial charge in [-0.3, -0.25) is 4.90 Å². The van der Waals surface area contributed by atoms with Gasteiger partial charge in [-0.05, 0) is 30.5 Å². The molecule has 7 nitrogen and oxygen atoms in total. The molecule has 166 valence electrons. The molecule has 2 aliphatic rings. The summed E-state index contributed by atoms with van der Waals surface area (Å²) in [5.41, 5.74) is 1.95. The van der Waals surface area contributed by atoms with Crippen molar-refractivity contribution < 1.29 is 19.0 Å². The van der Waals surface area contributed by atoms with E-state index in [2.05, 4.69) is 34.5 Å². The SMILES string of the molecule is COc1ccc(NC(=O)N2CC(N(Cc3ccccc3)C3CCOCC3)C2)c(OC)c1. The summed E-state index contributed by atoms with van der Waals surface area (Å²) in [4.78, 5) is 17.2. The van der Waals surface area contributed by atoms with Crippen molar-refractivity contribution in [3.8, 4) is 11.5 Å². The van der Waals surface area contributed by atoms with Crippen LogP contribution in [-0.2, 0) is 11.3 Å². The van der Waals surface area contributed by atoms with Crippen molar-refractivity contribution in [2.75, 3.05) is 45.8 Å². The third kappa shape index (κ3) is 5.11. The Morgan fingerprint density at radius 2 is 1.81 bits per heavy atom. The molecule has 0 radical (unpaired) electrons. The zero-order valence-electron chi connectivity index (χ0n) is 18.3. The van der Waals surface area contributed by atoms with E-state index in [1.165, 1.54) is 5.56 Å². The van der Waals surface area contributed by atoms with Gasteiger partial charge in [0, 0.05) is 51.0 Å². The fraction of sp³-hybridized carbons (Fsp3) is 0.458. The molecule has 0 aliphatic carbocycles. The third-order valence-electron chi connectivity index (χ3n) is 6.14. The van der Waals surface area contributed by atoms with Crippen LogP contribution in [0.15, 0.2) is 48.5 Å². The minimum absolute atomic E-state index is 0.105. The lowest BCUT2D eigenvalue weighted by Crippen LogP contribution is -2.64. The number of benzene rings is 2. The molecule has 0 bridgehead atoms. The first-order valence-corrected chi connectivity index (χ1v) is 10.8. The van der Waals surface area contributed by atoms with Crippen LogP contribution < -0.4 is 14.8 Å². The number of nitrogens with one attached hydrogen (secondary N) is 1. The van der Waals surface area contributed by atoms with Gasteiger partial charge in [0.15, 0.2) is 0 Å². The molecule has 0 spiro atoms. The van der Waals surface area contributed by atoms with Crippen molar-refractivity contribution in [2.24, 2.45) is 0 Å². The quantitative estimate of drug-likeness (QED) is 0.734. The molecule has 0 aromatic heterocycles. The van der Waals surface area contributed by atoms with Crippen LogP contribution in [0, 0.1) is 0 Å². The maximum absolute atomic E-state index is 12.8. The predicted molar refractivity (Wildman–Crippen MR) is 120 cm³/mol. The van der Waals surface area contributed by atoms with Crippen molar-refractivity contribution in [2.45, 2.75) is 31.5 Å². The van der Waals surface area contributed by atoms with E-state index in [0.29, 0.717) is 42.4 Å². The highest BCUT2D eigenvalue weighted by Gasteiger charge is 2.38. The van der Waals surface area contributed by atoms with E-state index in [4.69, 9.17) is 14.2 Å². The molecule has 2 aliphatic heterocycles. The molecule has 0 atom stereocenters. The van der Waals surface area contributed by atoms with Crippen LogP contribution >= 0.6 is 0 Å². The van der Waals surface area contributed by atoms with Gasteiger partial charge in [-0.2, -0.15) is 0 Å². The maximum Gasteiger partial charge on any atom is 0.322 e. The number of nitrogens with zero attached hydrogens (tertiary/aromatic N) is 2. The number of hydrogen-bond acceptors (Lipinski definition) is 5. The predicted octanol–water partition coefficient (Wildman–Crippen LogP) is 3.60. The average Bonchev–Trinajstić information content (AvgIpc) is 2.79. The number of likely N-dealkylation sites (tertiary alicyclic amines) is 1. The number of carbonyl (C=O) groups excluding carboxylic acids is 1. The highest BCUT2D eigenvalue weighted by molar-refractivity contribution is 5.91. The minimum Gasteiger partial charge on any atom is -0.497 e. The molecule has 2 saturated heterocycles. The molecule has 4 rings (SSSR count). The summed E-state index contributed by atoms with van der Waals surface area (Å²) in [6, 6.07) is 16.7. The molecule has 2 aromatic rings. The van der Waals surface area contributed by atoms with Crippen molar-refractivity contribution in [3.63, 3.8) is 0 Å². The molecular weight excluding hydrogens is 394 g/mol. The fourth-order valence-corrected chi connectivity index (χ4v) is 4.29. The summed E-state index contributed by atoms with van der Waals surface area (Å²) >= 11 is 0. The summed E-state index contributed by atoms with van der Waals surface area (Å²) in [7, 11) is 3.19. The number of hydrogen-bond donors (Lipinski definition) is 1. The van der Waals surface area contributed by atoms with Crippen molar-refractivity contribution in [3.05, 3.63) is 54.1 Å². The minimum atomic E-state index is -0.105. The summed E-state index contributed by atoms with van der Waals surface area (Å²) in [5, 5.41) is 2.97. The Hall–Kier alpha value is -2.77. The Labute approximate surface area is 183 Å². The lowest BCUT2D eigenvalue weighted by molar-refractivity contribution is -0.0223. The van der Waals surface area contributed by atoms with E-state index in [1.54, 1.807) is 26.4 Å². The van der Waals surface area contributed by atoms with Crippen LogP contribution in [0.1, 0.15) is 18.4 Å². The first-order chi connectivity index (χ1) is 15.2. The van der Waals surface area contributed by atoms with Crippen LogP contribution in [0.3, 0.4) is 0 Å². The van der Waals surface area contributed by atoms with Gasteiger partial charge in [-0.25, -0.2) is 4.79 Å². The Bertz CT molecular complexity index is 864. The molecule has 1 N–H and O–H groups in total. The van der Waals surface area contributed by atoms with Crippen molar-refractivity contribution in [1.29, 1.82) is 0 Å². The molecule has 31 heavy (non-hydrogen) atoms. The normalized spacial score (nSPS) is 17.3. The van der Waals surface area contributed by atoms with Crippen LogP contribution in [-0.4, -0.2) is 68.4 Å². The van der Waals surface area contributed by atoms with Crippen molar-refractivity contribution in [1.82, 2.24) is 9.80 Å². The number of methoxy groups -OCH3 is 2. The lowest BCUT2D eigenvalue weighted by Gasteiger charge is -2.49. The van der Waals surface area contributed by atoms with Gasteiger partial charge in [0.1, 0.15) is 11.5 Å². The van der Waals surface area contributed by atoms with Crippen LogP contribution in [0.5, 0.6) is 11.5 Å². The number of anilines is 1. The van der Waals surface area contributed by atoms with Gasteiger partial charge in [-0.1, -0.05) is 30.3 Å². The summed E-state index contributed by atoms with van der Waals surface area (Å²) in [6.07, 6.45) is 2.08. The number of ether oxygens (including phenoxy) is 3. The number of amides is 2. The largest absolute Gasteiger partial charge is 0.497 e. The molecule has 7 heteroatoms. The molecule has 0 unspecified atom stereocenters.